The maximum Gasteiger partial charge on any atom is 0.325 e. The van der Waals surface area contributed by atoms with Crippen molar-refractivity contribution in [1.82, 2.24) is 4.31 Å². The molecule has 4 rings (SSSR count). The normalized spacial score (nSPS) is 12.7. The molecule has 8 heteroatoms. The molecule has 0 amide bonds. The van der Waals surface area contributed by atoms with E-state index in [1.165, 1.54) is 6.07 Å². The van der Waals surface area contributed by atoms with Crippen LogP contribution in [0.3, 0.4) is 0 Å². The monoisotopic (exact) mass is 559 g/mol. The molecule has 1 atom stereocenters. The van der Waals surface area contributed by atoms with Gasteiger partial charge in [-0.25, -0.2) is 8.42 Å². The van der Waals surface area contributed by atoms with Crippen LogP contribution in [-0.2, 0) is 42.1 Å². The number of carbonyl (C=O) groups excluding carboxylic acids is 2. The molecule has 0 saturated heterocycles. The van der Waals surface area contributed by atoms with Crippen molar-refractivity contribution >= 4 is 32.7 Å². The summed E-state index contributed by atoms with van der Waals surface area (Å²) in [5, 5.41) is 1.58. The molecule has 40 heavy (non-hydrogen) atoms. The molecule has 0 unspecified atom stereocenters. The van der Waals surface area contributed by atoms with E-state index in [0.29, 0.717) is 10.9 Å². The first-order valence-corrected chi connectivity index (χ1v) is 14.4. The fourth-order valence-corrected chi connectivity index (χ4v) is 5.85. The molecule has 0 heterocycles. The van der Waals surface area contributed by atoms with Gasteiger partial charge in [0.1, 0.15) is 24.8 Å². The summed E-state index contributed by atoms with van der Waals surface area (Å²) in [7, 11) is -4.36. The Morgan fingerprint density at radius 2 is 1.35 bits per heavy atom. The molecule has 0 aliphatic heterocycles. The minimum absolute atomic E-state index is 0.00404. The number of esters is 2. The summed E-state index contributed by atoms with van der Waals surface area (Å²) in [6.07, 6.45) is 0.00404. The number of benzene rings is 4. The fraction of sp³-hybridized carbons (Fsp3) is 0.250. The average molecular weight is 560 g/mol. The predicted molar refractivity (Wildman–Crippen MR) is 154 cm³/mol. The van der Waals surface area contributed by atoms with Gasteiger partial charge in [0.25, 0.3) is 0 Å². The van der Waals surface area contributed by atoms with Crippen molar-refractivity contribution in [2.75, 3.05) is 6.54 Å². The van der Waals surface area contributed by atoms with E-state index in [-0.39, 0.29) is 17.9 Å². The lowest BCUT2D eigenvalue weighted by Crippen LogP contribution is -2.50. The maximum atomic E-state index is 14.2. The van der Waals surface area contributed by atoms with E-state index in [2.05, 4.69) is 0 Å². The van der Waals surface area contributed by atoms with Gasteiger partial charge in [-0.3, -0.25) is 9.59 Å². The zero-order valence-corrected chi connectivity index (χ0v) is 23.6. The third kappa shape index (κ3) is 7.55. The Morgan fingerprint density at radius 3 is 1.98 bits per heavy atom. The van der Waals surface area contributed by atoms with Crippen LogP contribution in [0.25, 0.3) is 10.8 Å². The summed E-state index contributed by atoms with van der Waals surface area (Å²) < 4.78 is 40.4. The first-order valence-electron chi connectivity index (χ1n) is 13.0. The number of fused-ring (bicyclic) bond motifs is 1. The Balaban J connectivity index is 1.76. The Kier molecular flexibility index (Phi) is 9.02. The molecule has 0 N–H and O–H groups in total. The molecule has 0 fully saturated rings. The van der Waals surface area contributed by atoms with Crippen molar-refractivity contribution in [2.24, 2.45) is 0 Å². The Bertz CT molecular complexity index is 1560. The summed E-state index contributed by atoms with van der Waals surface area (Å²) in [6.45, 7) is 4.39. The molecule has 0 radical (unpaired) electrons. The lowest BCUT2D eigenvalue weighted by molar-refractivity contribution is -0.157. The highest BCUT2D eigenvalue weighted by molar-refractivity contribution is 7.89. The first-order chi connectivity index (χ1) is 19.0. The Labute approximate surface area is 235 Å². The van der Waals surface area contributed by atoms with Gasteiger partial charge in [0, 0.05) is 0 Å². The average Bonchev–Trinajstić information content (AvgIpc) is 2.93. The van der Waals surface area contributed by atoms with Gasteiger partial charge in [-0.15, -0.1) is 0 Å². The number of sulfonamides is 1. The number of carbonyl (C=O) groups is 2. The van der Waals surface area contributed by atoms with Crippen LogP contribution in [0, 0.1) is 0 Å². The van der Waals surface area contributed by atoms with E-state index in [1.807, 2.05) is 60.7 Å². The molecule has 0 aliphatic carbocycles. The summed E-state index contributed by atoms with van der Waals surface area (Å²) >= 11 is 0. The molecule has 0 saturated carbocycles. The van der Waals surface area contributed by atoms with Crippen molar-refractivity contribution in [3.63, 3.8) is 0 Å². The first kappa shape index (κ1) is 29.0. The van der Waals surface area contributed by atoms with Gasteiger partial charge in [0.05, 0.1) is 4.90 Å². The molecule has 7 nitrogen and oxygen atoms in total. The topological polar surface area (TPSA) is 90.0 Å². The van der Waals surface area contributed by atoms with E-state index < -0.39 is 40.1 Å². The SMILES string of the molecule is CC(C)(C)OC(=O)CN([C@@H](Cc1ccccc1)C(=O)OCc1ccccc1)S(=O)(=O)c1ccc2ccccc2c1. The molecule has 0 spiro atoms. The van der Waals surface area contributed by atoms with Crippen LogP contribution in [0.5, 0.6) is 0 Å². The summed E-state index contributed by atoms with van der Waals surface area (Å²) in [5.41, 5.74) is 0.621. The minimum atomic E-state index is -4.36. The van der Waals surface area contributed by atoms with Gasteiger partial charge in [-0.2, -0.15) is 4.31 Å². The molecule has 0 aliphatic rings. The van der Waals surface area contributed by atoms with Crippen LogP contribution >= 0.6 is 0 Å². The summed E-state index contributed by atoms with van der Waals surface area (Å²) in [6, 6.07) is 28.9. The Hall–Kier alpha value is -4.01. The van der Waals surface area contributed by atoms with Crippen LogP contribution in [0.2, 0.25) is 0 Å². The highest BCUT2D eigenvalue weighted by atomic mass is 32.2. The summed E-state index contributed by atoms with van der Waals surface area (Å²) in [5.74, 6) is -1.54. The van der Waals surface area contributed by atoms with Crippen LogP contribution in [-0.4, -0.2) is 42.8 Å². The van der Waals surface area contributed by atoms with Gasteiger partial charge in [0.2, 0.25) is 10.0 Å². The molecule has 208 valence electrons. The second-order valence-corrected chi connectivity index (χ2v) is 12.3. The maximum absolute atomic E-state index is 14.2. The van der Waals surface area contributed by atoms with Gasteiger partial charge >= 0.3 is 11.9 Å². The van der Waals surface area contributed by atoms with Crippen molar-refractivity contribution in [1.29, 1.82) is 0 Å². The fourth-order valence-electron chi connectivity index (χ4n) is 4.29. The third-order valence-electron chi connectivity index (χ3n) is 6.15. The molecular weight excluding hydrogens is 526 g/mol. The smallest absolute Gasteiger partial charge is 0.325 e. The summed E-state index contributed by atoms with van der Waals surface area (Å²) in [4.78, 5) is 26.6. The van der Waals surface area contributed by atoms with Crippen molar-refractivity contribution < 1.29 is 27.5 Å². The van der Waals surface area contributed by atoms with Crippen LogP contribution in [0.4, 0.5) is 0 Å². The largest absolute Gasteiger partial charge is 0.460 e. The zero-order chi connectivity index (χ0) is 28.8. The van der Waals surface area contributed by atoms with E-state index in [4.69, 9.17) is 9.47 Å². The number of rotatable bonds is 10. The van der Waals surface area contributed by atoms with Gasteiger partial charge in [-0.05, 0) is 61.2 Å². The van der Waals surface area contributed by atoms with Crippen LogP contribution < -0.4 is 0 Å². The second-order valence-electron chi connectivity index (χ2n) is 10.4. The van der Waals surface area contributed by atoms with Crippen molar-refractivity contribution in [3.05, 3.63) is 114 Å². The molecule has 0 aromatic heterocycles. The molecule has 4 aromatic carbocycles. The zero-order valence-electron chi connectivity index (χ0n) is 22.8. The van der Waals surface area contributed by atoms with Gasteiger partial charge < -0.3 is 9.47 Å². The van der Waals surface area contributed by atoms with Crippen LogP contribution in [0.1, 0.15) is 31.9 Å². The van der Waals surface area contributed by atoms with Crippen molar-refractivity contribution in [2.45, 2.75) is 50.3 Å². The highest BCUT2D eigenvalue weighted by Gasteiger charge is 2.39. The number of ether oxygens (including phenoxy) is 2. The second kappa shape index (κ2) is 12.4. The number of hydrogen-bond donors (Lipinski definition) is 0. The van der Waals surface area contributed by atoms with E-state index in [9.17, 15) is 18.0 Å². The van der Waals surface area contributed by atoms with Gasteiger partial charge in [-0.1, -0.05) is 91.0 Å². The third-order valence-corrected chi connectivity index (χ3v) is 8.00. The molecule has 4 aromatic rings. The highest BCUT2D eigenvalue weighted by Crippen LogP contribution is 2.26. The quantitative estimate of drug-likeness (QED) is 0.238. The lowest BCUT2D eigenvalue weighted by atomic mass is 10.1. The lowest BCUT2D eigenvalue weighted by Gasteiger charge is -2.30. The van der Waals surface area contributed by atoms with Crippen LogP contribution in [0.15, 0.2) is 108 Å². The van der Waals surface area contributed by atoms with Crippen molar-refractivity contribution in [3.8, 4) is 0 Å². The van der Waals surface area contributed by atoms with Gasteiger partial charge in [0.15, 0.2) is 0 Å². The predicted octanol–water partition coefficient (Wildman–Crippen LogP) is 5.53. The van der Waals surface area contributed by atoms with E-state index in [0.717, 1.165) is 15.3 Å². The van der Waals surface area contributed by atoms with E-state index in [1.54, 1.807) is 57.2 Å². The standard InChI is InChI=1S/C32H33NO6S/c1-32(2,3)39-30(34)22-33(40(36,37)28-19-18-26-16-10-11-17-27(26)21-28)29(20-24-12-6-4-7-13-24)31(35)38-23-25-14-8-5-9-15-25/h4-19,21,29H,20,22-23H2,1-3H3/t29-/m0/s1. The minimum Gasteiger partial charge on any atom is -0.460 e. The Morgan fingerprint density at radius 1 is 0.775 bits per heavy atom. The van der Waals surface area contributed by atoms with E-state index >= 15 is 0 Å². The molecular formula is C32H33NO6S. The number of hydrogen-bond acceptors (Lipinski definition) is 6. The molecule has 0 bridgehead atoms. The number of nitrogens with zero attached hydrogens (tertiary/aromatic N) is 1.